The highest BCUT2D eigenvalue weighted by atomic mass is 19.1. The van der Waals surface area contributed by atoms with Crippen molar-refractivity contribution in [1.29, 1.82) is 0 Å². The Morgan fingerprint density at radius 3 is 2.42 bits per heavy atom. The first-order chi connectivity index (χ1) is 8.98. The third-order valence-electron chi connectivity index (χ3n) is 3.52. The summed E-state index contributed by atoms with van der Waals surface area (Å²) in [6.07, 6.45) is 2.81. The van der Waals surface area contributed by atoms with Gasteiger partial charge in [-0.05, 0) is 42.4 Å². The molecule has 1 rings (SSSR count). The van der Waals surface area contributed by atoms with Gasteiger partial charge in [0, 0.05) is 19.2 Å². The summed E-state index contributed by atoms with van der Waals surface area (Å²) in [5.41, 5.74) is 1.29. The van der Waals surface area contributed by atoms with Gasteiger partial charge in [-0.2, -0.15) is 0 Å². The zero-order valence-corrected chi connectivity index (χ0v) is 12.2. The van der Waals surface area contributed by atoms with Crippen LogP contribution >= 0.6 is 0 Å². The molecule has 0 bridgehead atoms. The van der Waals surface area contributed by atoms with Gasteiger partial charge in [0.15, 0.2) is 0 Å². The number of rotatable bonds is 8. The number of aliphatic hydroxyl groups excluding tert-OH is 1. The lowest BCUT2D eigenvalue weighted by Gasteiger charge is -2.28. The first-order valence-electron chi connectivity index (χ1n) is 7.08. The Morgan fingerprint density at radius 1 is 1.26 bits per heavy atom. The van der Waals surface area contributed by atoms with Crippen molar-refractivity contribution in [3.05, 3.63) is 35.6 Å². The molecule has 0 heterocycles. The quantitative estimate of drug-likeness (QED) is 0.753. The van der Waals surface area contributed by atoms with Crippen LogP contribution in [0.2, 0.25) is 0 Å². The highest BCUT2D eigenvalue weighted by Gasteiger charge is 2.19. The molecule has 2 nitrogen and oxygen atoms in total. The second-order valence-corrected chi connectivity index (χ2v) is 5.88. The van der Waals surface area contributed by atoms with Crippen LogP contribution in [0, 0.1) is 11.2 Å². The van der Waals surface area contributed by atoms with Crippen LogP contribution in [0.3, 0.4) is 0 Å². The molecule has 0 aliphatic rings. The van der Waals surface area contributed by atoms with Crippen molar-refractivity contribution in [2.45, 2.75) is 46.1 Å². The molecule has 0 fully saturated rings. The van der Waals surface area contributed by atoms with E-state index in [1.54, 1.807) is 0 Å². The van der Waals surface area contributed by atoms with E-state index in [0.717, 1.165) is 31.4 Å². The lowest BCUT2D eigenvalue weighted by molar-refractivity contribution is 0.231. The molecule has 1 aromatic rings. The molecule has 0 amide bonds. The fourth-order valence-corrected chi connectivity index (χ4v) is 2.24. The Hall–Kier alpha value is -0.930. The molecule has 3 heteroatoms. The highest BCUT2D eigenvalue weighted by molar-refractivity contribution is 5.19. The Labute approximate surface area is 116 Å². The minimum absolute atomic E-state index is 0.163. The lowest BCUT2D eigenvalue weighted by atomic mass is 9.87. The van der Waals surface area contributed by atoms with E-state index in [-0.39, 0.29) is 23.9 Å². The van der Waals surface area contributed by atoms with Crippen molar-refractivity contribution in [2.24, 2.45) is 5.41 Å². The summed E-state index contributed by atoms with van der Waals surface area (Å²) in [7, 11) is 0. The summed E-state index contributed by atoms with van der Waals surface area (Å²) in [6.45, 7) is 7.67. The van der Waals surface area contributed by atoms with Gasteiger partial charge in [0.2, 0.25) is 0 Å². The molecular weight excluding hydrogens is 241 g/mol. The van der Waals surface area contributed by atoms with Crippen molar-refractivity contribution in [3.63, 3.8) is 0 Å². The molecule has 0 radical (unpaired) electrons. The highest BCUT2D eigenvalue weighted by Crippen LogP contribution is 2.24. The average Bonchev–Trinajstić information content (AvgIpc) is 2.39. The van der Waals surface area contributed by atoms with E-state index in [2.05, 4.69) is 26.1 Å². The van der Waals surface area contributed by atoms with E-state index in [0.29, 0.717) is 0 Å². The Morgan fingerprint density at radius 2 is 1.89 bits per heavy atom. The maximum absolute atomic E-state index is 12.9. The fourth-order valence-electron chi connectivity index (χ4n) is 2.24. The molecule has 0 spiro atoms. The SMILES string of the molecule is CCC(NCC(C)(C)CCCO)c1ccc(F)cc1. The second-order valence-electron chi connectivity index (χ2n) is 5.88. The van der Waals surface area contributed by atoms with Gasteiger partial charge in [-0.1, -0.05) is 32.9 Å². The molecule has 0 aromatic heterocycles. The first kappa shape index (κ1) is 16.1. The Bertz CT molecular complexity index is 362. The lowest BCUT2D eigenvalue weighted by Crippen LogP contribution is -2.32. The van der Waals surface area contributed by atoms with Crippen molar-refractivity contribution < 1.29 is 9.50 Å². The van der Waals surface area contributed by atoms with Crippen LogP contribution < -0.4 is 5.32 Å². The second kappa shape index (κ2) is 7.61. The van der Waals surface area contributed by atoms with E-state index in [9.17, 15) is 4.39 Å². The average molecular weight is 267 g/mol. The summed E-state index contributed by atoms with van der Waals surface area (Å²) >= 11 is 0. The first-order valence-corrected chi connectivity index (χ1v) is 7.08. The zero-order chi connectivity index (χ0) is 14.3. The normalized spacial score (nSPS) is 13.5. The minimum Gasteiger partial charge on any atom is -0.396 e. The van der Waals surface area contributed by atoms with Gasteiger partial charge in [-0.15, -0.1) is 0 Å². The summed E-state index contributed by atoms with van der Waals surface area (Å²) < 4.78 is 12.9. The molecule has 1 aromatic carbocycles. The molecule has 2 N–H and O–H groups in total. The molecule has 1 atom stereocenters. The number of benzene rings is 1. The number of hydrogen-bond acceptors (Lipinski definition) is 2. The summed E-state index contributed by atoms with van der Waals surface area (Å²) in [5.74, 6) is -0.193. The molecule has 1 unspecified atom stereocenters. The maximum Gasteiger partial charge on any atom is 0.123 e. The van der Waals surface area contributed by atoms with Crippen LogP contribution in [0.4, 0.5) is 4.39 Å². The molecule has 19 heavy (non-hydrogen) atoms. The Kier molecular flexibility index (Phi) is 6.46. The van der Waals surface area contributed by atoms with Crippen LogP contribution in [-0.4, -0.2) is 18.3 Å². The fraction of sp³-hybridized carbons (Fsp3) is 0.625. The molecule has 108 valence electrons. The van der Waals surface area contributed by atoms with E-state index in [4.69, 9.17) is 5.11 Å². The molecule has 0 saturated heterocycles. The predicted octanol–water partition coefficient (Wildman–Crippen LogP) is 3.67. The van der Waals surface area contributed by atoms with Crippen LogP contribution in [0.1, 0.15) is 51.6 Å². The smallest absolute Gasteiger partial charge is 0.123 e. The number of halogens is 1. The van der Waals surface area contributed by atoms with Gasteiger partial charge >= 0.3 is 0 Å². The predicted molar refractivity (Wildman–Crippen MR) is 77.5 cm³/mol. The van der Waals surface area contributed by atoms with Crippen molar-refractivity contribution in [3.8, 4) is 0 Å². The van der Waals surface area contributed by atoms with Crippen molar-refractivity contribution in [1.82, 2.24) is 5.32 Å². The third kappa shape index (κ3) is 5.70. The molecular formula is C16H26FNO. The van der Waals surface area contributed by atoms with Gasteiger partial charge < -0.3 is 10.4 Å². The van der Waals surface area contributed by atoms with Gasteiger partial charge in [0.25, 0.3) is 0 Å². The largest absolute Gasteiger partial charge is 0.396 e. The monoisotopic (exact) mass is 267 g/mol. The Balaban J connectivity index is 2.55. The topological polar surface area (TPSA) is 32.3 Å². The van der Waals surface area contributed by atoms with Crippen LogP contribution in [0.15, 0.2) is 24.3 Å². The van der Waals surface area contributed by atoms with Crippen LogP contribution in [0.25, 0.3) is 0 Å². The number of aliphatic hydroxyl groups is 1. The molecule has 0 aliphatic heterocycles. The summed E-state index contributed by atoms with van der Waals surface area (Å²) in [5, 5.41) is 12.5. The summed E-state index contributed by atoms with van der Waals surface area (Å²) in [4.78, 5) is 0. The van der Waals surface area contributed by atoms with Gasteiger partial charge in [0.1, 0.15) is 5.82 Å². The third-order valence-corrected chi connectivity index (χ3v) is 3.52. The molecule has 0 aliphatic carbocycles. The van der Waals surface area contributed by atoms with E-state index in [1.165, 1.54) is 12.1 Å². The zero-order valence-electron chi connectivity index (χ0n) is 12.2. The maximum atomic E-state index is 12.9. The van der Waals surface area contributed by atoms with Crippen LogP contribution in [-0.2, 0) is 0 Å². The number of hydrogen-bond donors (Lipinski definition) is 2. The van der Waals surface area contributed by atoms with Crippen LogP contribution in [0.5, 0.6) is 0 Å². The van der Waals surface area contributed by atoms with Gasteiger partial charge in [-0.3, -0.25) is 0 Å². The van der Waals surface area contributed by atoms with Gasteiger partial charge in [-0.25, -0.2) is 4.39 Å². The molecule has 0 saturated carbocycles. The van der Waals surface area contributed by atoms with Crippen molar-refractivity contribution in [2.75, 3.05) is 13.2 Å². The van der Waals surface area contributed by atoms with E-state index >= 15 is 0 Å². The summed E-state index contributed by atoms with van der Waals surface area (Å²) in [6, 6.07) is 6.97. The standard InChI is InChI=1S/C16H26FNO/c1-4-15(13-6-8-14(17)9-7-13)18-12-16(2,3)10-5-11-19/h6-9,15,18-19H,4-5,10-12H2,1-3H3. The van der Waals surface area contributed by atoms with E-state index in [1.807, 2.05) is 12.1 Å². The van der Waals surface area contributed by atoms with E-state index < -0.39 is 0 Å². The minimum atomic E-state index is -0.193. The van der Waals surface area contributed by atoms with Crippen molar-refractivity contribution >= 4 is 0 Å². The number of nitrogens with one attached hydrogen (secondary N) is 1. The van der Waals surface area contributed by atoms with Gasteiger partial charge in [0.05, 0.1) is 0 Å².